The summed E-state index contributed by atoms with van der Waals surface area (Å²) in [5.41, 5.74) is 2.72. The molecule has 0 saturated carbocycles. The van der Waals surface area contributed by atoms with Crippen LogP contribution >= 0.6 is 34.7 Å². The number of benzene rings is 1. The van der Waals surface area contributed by atoms with E-state index in [1.807, 2.05) is 17.6 Å². The van der Waals surface area contributed by atoms with Gasteiger partial charge in [0, 0.05) is 33.1 Å². The average molecular weight is 433 g/mol. The molecule has 0 radical (unpaired) electrons. The summed E-state index contributed by atoms with van der Waals surface area (Å²) in [6.45, 7) is 8.47. The average Bonchev–Trinajstić information content (AvgIpc) is 3.30. The zero-order chi connectivity index (χ0) is 20.1. The number of hydrogen-bond donors (Lipinski definition) is 1. The Balaban J connectivity index is 1.72. The lowest BCUT2D eigenvalue weighted by Gasteiger charge is -2.09. The van der Waals surface area contributed by atoms with Crippen LogP contribution in [0.15, 0.2) is 47.5 Å². The van der Waals surface area contributed by atoms with E-state index in [1.54, 1.807) is 29.5 Å². The number of thiophene rings is 1. The zero-order valence-electron chi connectivity index (χ0n) is 15.7. The minimum absolute atomic E-state index is 0.117. The predicted octanol–water partition coefficient (Wildman–Crippen LogP) is 5.45. The summed E-state index contributed by atoms with van der Waals surface area (Å²) >= 11 is 9.08. The number of allylic oxidation sites excluding steroid dienone is 1. The molecule has 0 unspecified atom stereocenters. The van der Waals surface area contributed by atoms with Gasteiger partial charge in [-0.25, -0.2) is 0 Å². The third kappa shape index (κ3) is 4.84. The lowest BCUT2D eigenvalue weighted by molar-refractivity contribution is -0.113. The third-order valence-electron chi connectivity index (χ3n) is 4.10. The monoisotopic (exact) mass is 432 g/mol. The predicted molar refractivity (Wildman–Crippen MR) is 118 cm³/mol. The molecule has 3 rings (SSSR count). The molecular weight excluding hydrogens is 412 g/mol. The number of amides is 1. The summed E-state index contributed by atoms with van der Waals surface area (Å²) < 4.78 is 1.98. The van der Waals surface area contributed by atoms with Gasteiger partial charge in [-0.05, 0) is 37.1 Å². The largest absolute Gasteiger partial charge is 0.325 e. The second-order valence-electron chi connectivity index (χ2n) is 6.16. The maximum absolute atomic E-state index is 12.4. The van der Waals surface area contributed by atoms with Gasteiger partial charge in [-0.3, -0.25) is 9.36 Å². The van der Waals surface area contributed by atoms with Crippen LogP contribution in [0.1, 0.15) is 17.4 Å². The Morgan fingerprint density at radius 3 is 2.93 bits per heavy atom. The smallest absolute Gasteiger partial charge is 0.234 e. The van der Waals surface area contributed by atoms with Crippen molar-refractivity contribution >= 4 is 46.3 Å². The summed E-state index contributed by atoms with van der Waals surface area (Å²) in [5, 5.41) is 14.9. The molecule has 0 atom stereocenters. The number of nitrogens with zero attached hydrogens (tertiary/aromatic N) is 3. The first-order valence-corrected chi connectivity index (χ1v) is 11.1. The number of nitrogens with one attached hydrogen (secondary N) is 1. The SMILES string of the molecule is C=CCn1c(SCC(=O)Nc2cc(Cl)ccc2C)nnc1-c1csc(CC)c1. The first-order valence-electron chi connectivity index (χ1n) is 8.82. The van der Waals surface area contributed by atoms with Gasteiger partial charge >= 0.3 is 0 Å². The van der Waals surface area contributed by atoms with Crippen molar-refractivity contribution in [2.75, 3.05) is 11.1 Å². The van der Waals surface area contributed by atoms with Crippen LogP contribution in [-0.4, -0.2) is 26.4 Å². The molecule has 0 aliphatic carbocycles. The highest BCUT2D eigenvalue weighted by molar-refractivity contribution is 7.99. The first-order chi connectivity index (χ1) is 13.5. The number of anilines is 1. The van der Waals surface area contributed by atoms with Crippen molar-refractivity contribution < 1.29 is 4.79 Å². The molecule has 0 saturated heterocycles. The number of rotatable bonds is 8. The van der Waals surface area contributed by atoms with Crippen molar-refractivity contribution in [2.45, 2.75) is 32.0 Å². The number of aromatic nitrogens is 3. The number of aryl methyl sites for hydroxylation is 2. The van der Waals surface area contributed by atoms with Gasteiger partial charge in [-0.1, -0.05) is 42.4 Å². The minimum Gasteiger partial charge on any atom is -0.325 e. The molecule has 1 amide bonds. The molecule has 3 aromatic rings. The third-order valence-corrected chi connectivity index (χ3v) is 6.38. The maximum Gasteiger partial charge on any atom is 0.234 e. The maximum atomic E-state index is 12.4. The van der Waals surface area contributed by atoms with E-state index in [2.05, 4.69) is 40.5 Å². The van der Waals surface area contributed by atoms with Crippen LogP contribution in [-0.2, 0) is 17.8 Å². The van der Waals surface area contributed by atoms with Crippen LogP contribution in [0.4, 0.5) is 5.69 Å². The van der Waals surface area contributed by atoms with Crippen molar-refractivity contribution in [3.63, 3.8) is 0 Å². The van der Waals surface area contributed by atoms with E-state index in [-0.39, 0.29) is 11.7 Å². The van der Waals surface area contributed by atoms with Gasteiger partial charge in [0.25, 0.3) is 0 Å². The van der Waals surface area contributed by atoms with Gasteiger partial charge in [-0.15, -0.1) is 28.1 Å². The Labute approximate surface area is 177 Å². The van der Waals surface area contributed by atoms with Gasteiger partial charge in [0.2, 0.25) is 5.91 Å². The summed E-state index contributed by atoms with van der Waals surface area (Å²) in [6, 6.07) is 7.56. The first kappa shape index (κ1) is 20.6. The highest BCUT2D eigenvalue weighted by Gasteiger charge is 2.16. The van der Waals surface area contributed by atoms with Gasteiger partial charge in [0.15, 0.2) is 11.0 Å². The number of halogens is 1. The molecular formula is C20H21ClN4OS2. The van der Waals surface area contributed by atoms with Crippen LogP contribution in [0, 0.1) is 6.92 Å². The van der Waals surface area contributed by atoms with Crippen molar-refractivity contribution in [1.82, 2.24) is 14.8 Å². The van der Waals surface area contributed by atoms with E-state index >= 15 is 0 Å². The molecule has 0 bridgehead atoms. The minimum atomic E-state index is -0.117. The van der Waals surface area contributed by atoms with Crippen molar-refractivity contribution in [1.29, 1.82) is 0 Å². The fraction of sp³-hybridized carbons (Fsp3) is 0.250. The number of carbonyl (C=O) groups is 1. The molecule has 2 aromatic heterocycles. The standard InChI is InChI=1S/C20H21ClN4OS2/c1-4-8-25-19(14-9-16(5-2)27-11-14)23-24-20(25)28-12-18(26)22-17-10-15(21)7-6-13(17)3/h4,6-7,9-11H,1,5,8,12H2,2-3H3,(H,22,26). The molecule has 1 aromatic carbocycles. The summed E-state index contributed by atoms with van der Waals surface area (Å²) in [6.07, 6.45) is 2.80. The molecule has 28 heavy (non-hydrogen) atoms. The second kappa shape index (κ2) is 9.41. The number of carbonyl (C=O) groups excluding carboxylic acids is 1. The molecule has 0 aliphatic heterocycles. The highest BCUT2D eigenvalue weighted by atomic mass is 35.5. The topological polar surface area (TPSA) is 59.8 Å². The Bertz CT molecular complexity index is 996. The normalized spacial score (nSPS) is 10.8. The zero-order valence-corrected chi connectivity index (χ0v) is 18.1. The lowest BCUT2D eigenvalue weighted by Crippen LogP contribution is -2.15. The molecule has 0 fully saturated rings. The quantitative estimate of drug-likeness (QED) is 0.380. The molecule has 1 N–H and O–H groups in total. The Kier molecular flexibility index (Phi) is 6.93. The molecule has 2 heterocycles. The van der Waals surface area contributed by atoms with Crippen LogP contribution in [0.2, 0.25) is 5.02 Å². The summed E-state index contributed by atoms with van der Waals surface area (Å²) in [5.74, 6) is 0.906. The summed E-state index contributed by atoms with van der Waals surface area (Å²) in [4.78, 5) is 13.7. The van der Waals surface area contributed by atoms with Crippen molar-refractivity contribution in [3.05, 3.63) is 57.8 Å². The fourth-order valence-electron chi connectivity index (χ4n) is 2.63. The van der Waals surface area contributed by atoms with E-state index in [0.717, 1.165) is 29.1 Å². The van der Waals surface area contributed by atoms with Crippen LogP contribution < -0.4 is 5.32 Å². The molecule has 0 spiro atoms. The van der Waals surface area contributed by atoms with E-state index in [1.165, 1.54) is 16.6 Å². The molecule has 146 valence electrons. The van der Waals surface area contributed by atoms with Crippen molar-refractivity contribution in [2.24, 2.45) is 0 Å². The van der Waals surface area contributed by atoms with Gasteiger partial charge in [0.05, 0.1) is 5.75 Å². The summed E-state index contributed by atoms with van der Waals surface area (Å²) in [7, 11) is 0. The highest BCUT2D eigenvalue weighted by Crippen LogP contribution is 2.28. The van der Waals surface area contributed by atoms with Crippen LogP contribution in [0.3, 0.4) is 0 Å². The van der Waals surface area contributed by atoms with E-state index in [4.69, 9.17) is 11.6 Å². The van der Waals surface area contributed by atoms with Crippen LogP contribution in [0.25, 0.3) is 11.4 Å². The van der Waals surface area contributed by atoms with Crippen molar-refractivity contribution in [3.8, 4) is 11.4 Å². The van der Waals surface area contributed by atoms with Gasteiger partial charge in [-0.2, -0.15) is 0 Å². The second-order valence-corrected chi connectivity index (χ2v) is 8.53. The molecule has 8 heteroatoms. The van der Waals surface area contributed by atoms with E-state index in [9.17, 15) is 4.79 Å². The Morgan fingerprint density at radius 1 is 1.39 bits per heavy atom. The lowest BCUT2D eigenvalue weighted by atomic mass is 10.2. The van der Waals surface area contributed by atoms with E-state index in [0.29, 0.717) is 16.7 Å². The molecule has 5 nitrogen and oxygen atoms in total. The van der Waals surface area contributed by atoms with E-state index < -0.39 is 0 Å². The van der Waals surface area contributed by atoms with Gasteiger partial charge in [0.1, 0.15) is 0 Å². The molecule has 0 aliphatic rings. The number of thioether (sulfide) groups is 1. The van der Waals surface area contributed by atoms with Crippen LogP contribution in [0.5, 0.6) is 0 Å². The number of hydrogen-bond acceptors (Lipinski definition) is 5. The van der Waals surface area contributed by atoms with Gasteiger partial charge < -0.3 is 5.32 Å². The fourth-order valence-corrected chi connectivity index (χ4v) is 4.36. The Morgan fingerprint density at radius 2 is 2.21 bits per heavy atom. The Hall–Kier alpha value is -2.09.